The highest BCUT2D eigenvalue weighted by molar-refractivity contribution is 5.85. The van der Waals surface area contributed by atoms with Gasteiger partial charge in [-0.3, -0.25) is 4.79 Å². The average molecular weight is 367 g/mol. The summed E-state index contributed by atoms with van der Waals surface area (Å²) in [6.07, 6.45) is 3.05. The molecule has 0 radical (unpaired) electrons. The normalized spacial score (nSPS) is 25.9. The van der Waals surface area contributed by atoms with Crippen LogP contribution >= 0.6 is 12.4 Å². The van der Waals surface area contributed by atoms with Crippen LogP contribution in [0.2, 0.25) is 0 Å². The number of rotatable bonds is 4. The summed E-state index contributed by atoms with van der Waals surface area (Å²) in [5.41, 5.74) is 1.16. The van der Waals surface area contributed by atoms with Crippen LogP contribution in [-0.2, 0) is 9.53 Å². The van der Waals surface area contributed by atoms with Gasteiger partial charge in [0.05, 0.1) is 19.2 Å². The first-order chi connectivity index (χ1) is 11.6. The molecule has 25 heavy (non-hydrogen) atoms. The molecule has 3 rings (SSSR count). The number of carbonyl (C=O) groups is 1. The van der Waals surface area contributed by atoms with Gasteiger partial charge in [0.1, 0.15) is 6.10 Å². The average Bonchev–Trinajstić information content (AvgIpc) is 2.63. The topological polar surface area (TPSA) is 41.6 Å². The SMILES string of the molecule is CC(CC(=O)N1CC(c2ccccc2)OCC1C)C1CCNCC1.Cl. The summed E-state index contributed by atoms with van der Waals surface area (Å²) < 4.78 is 5.98. The van der Waals surface area contributed by atoms with E-state index in [0.717, 1.165) is 18.7 Å². The molecule has 0 aromatic heterocycles. The Labute approximate surface area is 157 Å². The molecule has 1 aromatic carbocycles. The van der Waals surface area contributed by atoms with Crippen molar-refractivity contribution in [1.82, 2.24) is 10.2 Å². The number of hydrogen-bond acceptors (Lipinski definition) is 3. The summed E-state index contributed by atoms with van der Waals surface area (Å²) in [5, 5.41) is 3.41. The second-order valence-electron chi connectivity index (χ2n) is 7.40. The van der Waals surface area contributed by atoms with Crippen LogP contribution in [0.25, 0.3) is 0 Å². The zero-order valence-electron chi connectivity index (χ0n) is 15.3. The first kappa shape index (κ1) is 20.2. The number of benzene rings is 1. The maximum absolute atomic E-state index is 12.9. The van der Waals surface area contributed by atoms with Crippen LogP contribution < -0.4 is 5.32 Å². The van der Waals surface area contributed by atoms with E-state index in [-0.39, 0.29) is 30.5 Å². The molecule has 3 atom stereocenters. The minimum atomic E-state index is 0. The monoisotopic (exact) mass is 366 g/mol. The van der Waals surface area contributed by atoms with Crippen molar-refractivity contribution in [2.24, 2.45) is 11.8 Å². The van der Waals surface area contributed by atoms with E-state index < -0.39 is 0 Å². The molecule has 0 saturated carbocycles. The van der Waals surface area contributed by atoms with Crippen molar-refractivity contribution in [1.29, 1.82) is 0 Å². The summed E-state index contributed by atoms with van der Waals surface area (Å²) in [6.45, 7) is 7.80. The number of amides is 1. The zero-order valence-corrected chi connectivity index (χ0v) is 16.1. The quantitative estimate of drug-likeness (QED) is 0.887. The Hall–Kier alpha value is -1.10. The number of nitrogens with one attached hydrogen (secondary N) is 1. The molecule has 2 saturated heterocycles. The standard InChI is InChI=1S/C20H30N2O2.ClH/c1-15(17-8-10-21-11-9-17)12-20(23)22-13-19(24-14-16(22)2)18-6-4-3-5-7-18;/h3-7,15-17,19,21H,8-14H2,1-2H3;1H. The Morgan fingerprint density at radius 3 is 2.64 bits per heavy atom. The minimum Gasteiger partial charge on any atom is -0.370 e. The summed E-state index contributed by atoms with van der Waals surface area (Å²) in [5.74, 6) is 1.43. The minimum absolute atomic E-state index is 0. The lowest BCUT2D eigenvalue weighted by Gasteiger charge is -2.39. The number of hydrogen-bond donors (Lipinski definition) is 1. The van der Waals surface area contributed by atoms with Gasteiger partial charge in [-0.2, -0.15) is 0 Å². The number of halogens is 1. The maximum Gasteiger partial charge on any atom is 0.223 e. The van der Waals surface area contributed by atoms with E-state index in [4.69, 9.17) is 4.74 Å². The van der Waals surface area contributed by atoms with E-state index in [1.807, 2.05) is 23.1 Å². The molecule has 1 N–H and O–H groups in total. The van der Waals surface area contributed by atoms with Gasteiger partial charge >= 0.3 is 0 Å². The molecule has 140 valence electrons. The summed E-state index contributed by atoms with van der Waals surface area (Å²) in [7, 11) is 0. The molecule has 0 spiro atoms. The largest absolute Gasteiger partial charge is 0.370 e. The van der Waals surface area contributed by atoms with E-state index in [9.17, 15) is 4.79 Å². The van der Waals surface area contributed by atoms with Crippen LogP contribution in [0.1, 0.15) is 44.8 Å². The molecule has 2 aliphatic heterocycles. The Kier molecular flexibility index (Phi) is 7.73. The predicted molar refractivity (Wildman–Crippen MR) is 103 cm³/mol. The van der Waals surface area contributed by atoms with Crippen LogP contribution in [0.4, 0.5) is 0 Å². The van der Waals surface area contributed by atoms with Gasteiger partial charge in [0.25, 0.3) is 0 Å². The van der Waals surface area contributed by atoms with Gasteiger partial charge < -0.3 is 15.0 Å². The van der Waals surface area contributed by atoms with E-state index in [2.05, 4.69) is 31.3 Å². The lowest BCUT2D eigenvalue weighted by atomic mass is 9.84. The van der Waals surface area contributed by atoms with Gasteiger partial charge in [-0.25, -0.2) is 0 Å². The van der Waals surface area contributed by atoms with E-state index in [0.29, 0.717) is 31.4 Å². The van der Waals surface area contributed by atoms with Crippen LogP contribution in [-0.4, -0.2) is 43.1 Å². The molecule has 5 heteroatoms. The van der Waals surface area contributed by atoms with Crippen molar-refractivity contribution in [2.75, 3.05) is 26.2 Å². The fourth-order valence-corrected chi connectivity index (χ4v) is 3.95. The second kappa shape index (κ2) is 9.56. The van der Waals surface area contributed by atoms with Crippen LogP contribution in [0.5, 0.6) is 0 Å². The smallest absolute Gasteiger partial charge is 0.223 e. The lowest BCUT2D eigenvalue weighted by molar-refractivity contribution is -0.145. The maximum atomic E-state index is 12.9. The number of nitrogens with zero attached hydrogens (tertiary/aromatic N) is 1. The molecule has 3 unspecified atom stereocenters. The van der Waals surface area contributed by atoms with Gasteiger partial charge in [0, 0.05) is 6.42 Å². The third-order valence-electron chi connectivity index (χ3n) is 5.61. The molecular weight excluding hydrogens is 336 g/mol. The van der Waals surface area contributed by atoms with Crippen molar-refractivity contribution in [3.8, 4) is 0 Å². The van der Waals surface area contributed by atoms with Gasteiger partial charge in [0.15, 0.2) is 0 Å². The van der Waals surface area contributed by atoms with Crippen molar-refractivity contribution in [2.45, 2.75) is 45.3 Å². The molecule has 0 aliphatic carbocycles. The third kappa shape index (κ3) is 5.19. The van der Waals surface area contributed by atoms with Crippen LogP contribution in [0.3, 0.4) is 0 Å². The molecule has 2 heterocycles. The molecule has 1 aromatic rings. The van der Waals surface area contributed by atoms with Crippen LogP contribution in [0, 0.1) is 11.8 Å². The fraction of sp³-hybridized carbons (Fsp3) is 0.650. The van der Waals surface area contributed by atoms with Crippen molar-refractivity contribution < 1.29 is 9.53 Å². The Bertz CT molecular complexity index is 534. The van der Waals surface area contributed by atoms with Crippen LogP contribution in [0.15, 0.2) is 30.3 Å². The van der Waals surface area contributed by atoms with Gasteiger partial charge in [0.2, 0.25) is 5.91 Å². The molecule has 0 bridgehead atoms. The highest BCUT2D eigenvalue weighted by atomic mass is 35.5. The predicted octanol–water partition coefficient (Wildman–Crippen LogP) is 3.42. The summed E-state index contributed by atoms with van der Waals surface area (Å²) in [4.78, 5) is 14.9. The third-order valence-corrected chi connectivity index (χ3v) is 5.61. The number of piperidine rings is 1. The molecular formula is C20H31ClN2O2. The fourth-order valence-electron chi connectivity index (χ4n) is 3.95. The van der Waals surface area contributed by atoms with E-state index in [1.54, 1.807) is 0 Å². The highest BCUT2D eigenvalue weighted by Gasteiger charge is 2.32. The van der Waals surface area contributed by atoms with E-state index >= 15 is 0 Å². The summed E-state index contributed by atoms with van der Waals surface area (Å²) in [6, 6.07) is 10.4. The molecule has 1 amide bonds. The molecule has 2 fully saturated rings. The number of morpholine rings is 1. The zero-order chi connectivity index (χ0) is 16.9. The van der Waals surface area contributed by atoms with E-state index in [1.165, 1.54) is 12.8 Å². The summed E-state index contributed by atoms with van der Waals surface area (Å²) >= 11 is 0. The Morgan fingerprint density at radius 2 is 1.96 bits per heavy atom. The first-order valence-corrected chi connectivity index (χ1v) is 9.32. The first-order valence-electron chi connectivity index (χ1n) is 9.32. The Morgan fingerprint density at radius 1 is 1.28 bits per heavy atom. The highest BCUT2D eigenvalue weighted by Crippen LogP contribution is 2.28. The van der Waals surface area contributed by atoms with Gasteiger partial charge in [-0.05, 0) is 50.3 Å². The van der Waals surface area contributed by atoms with Crippen molar-refractivity contribution in [3.63, 3.8) is 0 Å². The van der Waals surface area contributed by atoms with Gasteiger partial charge in [-0.1, -0.05) is 37.3 Å². The molecule has 2 aliphatic rings. The number of ether oxygens (including phenoxy) is 1. The van der Waals surface area contributed by atoms with Gasteiger partial charge in [-0.15, -0.1) is 12.4 Å². The molecule has 4 nitrogen and oxygen atoms in total. The second-order valence-corrected chi connectivity index (χ2v) is 7.40. The number of carbonyl (C=O) groups excluding carboxylic acids is 1. The lowest BCUT2D eigenvalue weighted by Crippen LogP contribution is -2.49. The van der Waals surface area contributed by atoms with Crippen molar-refractivity contribution >= 4 is 18.3 Å². The van der Waals surface area contributed by atoms with Crippen molar-refractivity contribution in [3.05, 3.63) is 35.9 Å². The Balaban J connectivity index is 0.00000225.